The van der Waals surface area contributed by atoms with Gasteiger partial charge in [-0.2, -0.15) is 0 Å². The van der Waals surface area contributed by atoms with Gasteiger partial charge in [0.1, 0.15) is 5.82 Å². The Hall–Kier alpha value is -1.82. The fraction of sp³-hybridized carbons (Fsp3) is 0.562. The minimum atomic E-state index is -0.219. The number of hydrogen-bond acceptors (Lipinski definition) is 3. The Morgan fingerprint density at radius 3 is 2.77 bits per heavy atom. The highest BCUT2D eigenvalue weighted by Crippen LogP contribution is 2.21. The Bertz CT molecular complexity index is 513. The van der Waals surface area contributed by atoms with Crippen molar-refractivity contribution in [3.05, 3.63) is 29.6 Å². The van der Waals surface area contributed by atoms with E-state index in [1.165, 1.54) is 6.07 Å². The van der Waals surface area contributed by atoms with Crippen molar-refractivity contribution < 1.29 is 9.13 Å². The second-order valence-corrected chi connectivity index (χ2v) is 5.86. The minimum absolute atomic E-state index is 0.219. The van der Waals surface area contributed by atoms with E-state index in [9.17, 15) is 4.39 Å². The normalized spacial score (nSPS) is 16.2. The van der Waals surface area contributed by atoms with Crippen LogP contribution < -0.4 is 16.0 Å². The molecule has 1 aliphatic heterocycles. The molecule has 5 nitrogen and oxygen atoms in total. The number of rotatable bonds is 5. The molecule has 3 N–H and O–H groups in total. The lowest BCUT2D eigenvalue weighted by Crippen LogP contribution is -2.36. The van der Waals surface area contributed by atoms with Crippen LogP contribution in [0, 0.1) is 11.7 Å². The average Bonchev–Trinajstić information content (AvgIpc) is 2.52. The van der Waals surface area contributed by atoms with Gasteiger partial charge >= 0.3 is 0 Å². The van der Waals surface area contributed by atoms with E-state index in [0.29, 0.717) is 37.3 Å². The van der Waals surface area contributed by atoms with Crippen molar-refractivity contribution in [2.45, 2.75) is 20.4 Å². The van der Waals surface area contributed by atoms with Crippen LogP contribution in [0.4, 0.5) is 10.1 Å². The summed E-state index contributed by atoms with van der Waals surface area (Å²) in [5, 5.41) is 3.04. The van der Waals surface area contributed by atoms with E-state index in [4.69, 9.17) is 10.5 Å². The van der Waals surface area contributed by atoms with Crippen molar-refractivity contribution in [2.24, 2.45) is 16.6 Å². The van der Waals surface area contributed by atoms with Crippen molar-refractivity contribution in [3.63, 3.8) is 0 Å². The Balaban J connectivity index is 1.95. The number of halogens is 1. The monoisotopic (exact) mass is 308 g/mol. The molecule has 1 aromatic carbocycles. The Morgan fingerprint density at radius 2 is 2.14 bits per heavy atom. The maximum Gasteiger partial charge on any atom is 0.188 e. The highest BCUT2D eigenvalue weighted by atomic mass is 19.1. The predicted octanol–water partition coefficient (Wildman–Crippen LogP) is 1.72. The summed E-state index contributed by atoms with van der Waals surface area (Å²) < 4.78 is 19.5. The molecule has 1 aromatic rings. The summed E-state index contributed by atoms with van der Waals surface area (Å²) in [6.45, 7) is 8.07. The molecule has 0 aromatic heterocycles. The van der Waals surface area contributed by atoms with Gasteiger partial charge in [-0.3, -0.25) is 0 Å². The van der Waals surface area contributed by atoms with E-state index in [1.54, 1.807) is 0 Å². The van der Waals surface area contributed by atoms with Crippen LogP contribution in [0.2, 0.25) is 0 Å². The van der Waals surface area contributed by atoms with Gasteiger partial charge in [0.25, 0.3) is 0 Å². The first-order valence-corrected chi connectivity index (χ1v) is 7.71. The van der Waals surface area contributed by atoms with Gasteiger partial charge in [0.05, 0.1) is 25.4 Å². The molecule has 0 radical (unpaired) electrons. The molecule has 1 aliphatic rings. The van der Waals surface area contributed by atoms with Gasteiger partial charge in [0.15, 0.2) is 5.96 Å². The quantitative estimate of drug-likeness (QED) is 0.642. The summed E-state index contributed by atoms with van der Waals surface area (Å²) in [6.07, 6.45) is 0. The largest absolute Gasteiger partial charge is 0.378 e. The third-order valence-electron chi connectivity index (χ3n) is 3.49. The highest BCUT2D eigenvalue weighted by molar-refractivity contribution is 5.77. The number of hydrogen-bond donors (Lipinski definition) is 2. The van der Waals surface area contributed by atoms with E-state index < -0.39 is 0 Å². The lowest BCUT2D eigenvalue weighted by Gasteiger charge is -2.29. The van der Waals surface area contributed by atoms with E-state index >= 15 is 0 Å². The van der Waals surface area contributed by atoms with Gasteiger partial charge in [-0.05, 0) is 23.6 Å². The summed E-state index contributed by atoms with van der Waals surface area (Å²) in [5.41, 5.74) is 7.21. The van der Waals surface area contributed by atoms with Crippen LogP contribution in [0.3, 0.4) is 0 Å². The standard InChI is InChI=1S/C16H25FN4O/c1-12(2)10-19-16(18)20-11-13-3-4-15(14(17)9-13)21-5-7-22-8-6-21/h3-4,9,12H,5-8,10-11H2,1-2H3,(H3,18,19,20). The van der Waals surface area contributed by atoms with Gasteiger partial charge in [0, 0.05) is 19.6 Å². The molecule has 2 rings (SSSR count). The number of nitrogens with two attached hydrogens (primary N) is 1. The van der Waals surface area contributed by atoms with Crippen LogP contribution >= 0.6 is 0 Å². The molecule has 0 atom stereocenters. The lowest BCUT2D eigenvalue weighted by atomic mass is 10.1. The SMILES string of the molecule is CC(C)CNC(N)=NCc1ccc(N2CCOCC2)c(F)c1. The fourth-order valence-corrected chi connectivity index (χ4v) is 2.25. The van der Waals surface area contributed by atoms with Crippen LogP contribution in [0.1, 0.15) is 19.4 Å². The number of benzene rings is 1. The van der Waals surface area contributed by atoms with E-state index in [1.807, 2.05) is 17.0 Å². The minimum Gasteiger partial charge on any atom is -0.378 e. The smallest absolute Gasteiger partial charge is 0.188 e. The molecule has 0 spiro atoms. The molecular weight excluding hydrogens is 283 g/mol. The molecule has 6 heteroatoms. The summed E-state index contributed by atoms with van der Waals surface area (Å²) in [6, 6.07) is 5.24. The third kappa shape index (κ3) is 4.87. The number of ether oxygens (including phenoxy) is 1. The molecule has 1 fully saturated rings. The first-order valence-electron chi connectivity index (χ1n) is 7.71. The summed E-state index contributed by atoms with van der Waals surface area (Å²) >= 11 is 0. The molecule has 1 saturated heterocycles. The number of morpholine rings is 1. The number of guanidine groups is 1. The van der Waals surface area contributed by atoms with Gasteiger partial charge < -0.3 is 20.7 Å². The van der Waals surface area contributed by atoms with Crippen LogP contribution in [-0.4, -0.2) is 38.8 Å². The first-order chi connectivity index (χ1) is 10.6. The van der Waals surface area contributed by atoms with Crippen LogP contribution in [0.5, 0.6) is 0 Å². The number of nitrogens with zero attached hydrogens (tertiary/aromatic N) is 2. The molecule has 0 bridgehead atoms. The summed E-state index contributed by atoms with van der Waals surface area (Å²) in [5.74, 6) is 0.675. The second kappa shape index (κ2) is 7.98. The number of nitrogens with one attached hydrogen (secondary N) is 1. The highest BCUT2D eigenvalue weighted by Gasteiger charge is 2.15. The molecule has 122 valence electrons. The molecule has 0 saturated carbocycles. The zero-order chi connectivity index (χ0) is 15.9. The molecule has 0 unspecified atom stereocenters. The molecule has 22 heavy (non-hydrogen) atoms. The maximum absolute atomic E-state index is 14.2. The predicted molar refractivity (Wildman–Crippen MR) is 87.6 cm³/mol. The van der Waals surface area contributed by atoms with Crippen LogP contribution in [0.15, 0.2) is 23.2 Å². The zero-order valence-electron chi connectivity index (χ0n) is 13.3. The lowest BCUT2D eigenvalue weighted by molar-refractivity contribution is 0.122. The number of anilines is 1. The summed E-state index contributed by atoms with van der Waals surface area (Å²) in [7, 11) is 0. The second-order valence-electron chi connectivity index (χ2n) is 5.86. The van der Waals surface area contributed by atoms with Gasteiger partial charge in [-0.15, -0.1) is 0 Å². The average molecular weight is 308 g/mol. The van der Waals surface area contributed by atoms with E-state index in [0.717, 1.165) is 25.2 Å². The van der Waals surface area contributed by atoms with E-state index in [-0.39, 0.29) is 5.82 Å². The molecular formula is C16H25FN4O. The van der Waals surface area contributed by atoms with E-state index in [2.05, 4.69) is 24.2 Å². The Labute approximate surface area is 131 Å². The van der Waals surface area contributed by atoms with Gasteiger partial charge in [-0.1, -0.05) is 19.9 Å². The molecule has 0 amide bonds. The van der Waals surface area contributed by atoms with Crippen LogP contribution in [-0.2, 0) is 11.3 Å². The zero-order valence-corrected chi connectivity index (χ0v) is 13.3. The van der Waals surface area contributed by atoms with Crippen molar-refractivity contribution in [3.8, 4) is 0 Å². The van der Waals surface area contributed by atoms with Crippen molar-refractivity contribution >= 4 is 11.6 Å². The maximum atomic E-state index is 14.2. The van der Waals surface area contributed by atoms with Gasteiger partial charge in [0.2, 0.25) is 0 Å². The first kappa shape index (κ1) is 16.5. The Kier molecular flexibility index (Phi) is 6.00. The van der Waals surface area contributed by atoms with Crippen LogP contribution in [0.25, 0.3) is 0 Å². The molecule has 1 heterocycles. The van der Waals surface area contributed by atoms with Crippen molar-refractivity contribution in [1.82, 2.24) is 5.32 Å². The number of aliphatic imine (C=N–C) groups is 1. The Morgan fingerprint density at radius 1 is 1.41 bits per heavy atom. The molecule has 0 aliphatic carbocycles. The van der Waals surface area contributed by atoms with Crippen molar-refractivity contribution in [1.29, 1.82) is 0 Å². The fourth-order valence-electron chi connectivity index (χ4n) is 2.25. The summed E-state index contributed by atoms with van der Waals surface area (Å²) in [4.78, 5) is 6.24. The topological polar surface area (TPSA) is 62.9 Å². The third-order valence-corrected chi connectivity index (χ3v) is 3.49. The van der Waals surface area contributed by atoms with Gasteiger partial charge in [-0.25, -0.2) is 9.38 Å². The van der Waals surface area contributed by atoms with Crippen molar-refractivity contribution in [2.75, 3.05) is 37.7 Å².